The highest BCUT2D eigenvalue weighted by Crippen LogP contribution is 2.32. The zero-order valence-corrected chi connectivity index (χ0v) is 13.9. The average molecular weight is 385 g/mol. The van der Waals surface area contributed by atoms with Crippen molar-refractivity contribution in [2.24, 2.45) is 0 Å². The summed E-state index contributed by atoms with van der Waals surface area (Å²) in [5.74, 6) is -4.07. The molecule has 28 heavy (non-hydrogen) atoms. The van der Waals surface area contributed by atoms with Crippen molar-refractivity contribution in [3.63, 3.8) is 0 Å². The van der Waals surface area contributed by atoms with Gasteiger partial charge in [0.25, 0.3) is 17.7 Å². The predicted molar refractivity (Wildman–Crippen MR) is 91.7 cm³/mol. The van der Waals surface area contributed by atoms with Crippen molar-refractivity contribution >= 4 is 11.6 Å². The molecule has 0 radical (unpaired) electrons. The number of nitrogens with zero attached hydrogens (tertiary/aromatic N) is 2. The third-order valence-corrected chi connectivity index (χ3v) is 3.83. The van der Waals surface area contributed by atoms with Gasteiger partial charge in [-0.05, 0) is 36.4 Å². The van der Waals surface area contributed by atoms with E-state index in [4.69, 9.17) is 8.83 Å². The summed E-state index contributed by atoms with van der Waals surface area (Å²) in [6.07, 6.45) is 1.37. The van der Waals surface area contributed by atoms with E-state index in [0.29, 0.717) is 0 Å². The molecule has 0 saturated carbocycles. The van der Waals surface area contributed by atoms with Crippen LogP contribution in [0.4, 0.5) is 18.9 Å². The number of nitrogens with one attached hydrogen (secondary N) is 1. The number of carbonyl (C=O) groups is 1. The van der Waals surface area contributed by atoms with E-state index < -0.39 is 34.8 Å². The maximum Gasteiger partial charge on any atom is 0.283 e. The lowest BCUT2D eigenvalue weighted by Gasteiger charge is -2.09. The molecule has 140 valence electrons. The molecule has 0 saturated heterocycles. The van der Waals surface area contributed by atoms with E-state index in [2.05, 4.69) is 15.5 Å². The molecule has 1 N–H and O–H groups in total. The van der Waals surface area contributed by atoms with Crippen LogP contribution in [0.2, 0.25) is 0 Å². The predicted octanol–water partition coefficient (Wildman–Crippen LogP) is 4.67. The van der Waals surface area contributed by atoms with E-state index in [0.717, 1.165) is 18.2 Å². The Morgan fingerprint density at radius 2 is 1.68 bits per heavy atom. The van der Waals surface area contributed by atoms with Gasteiger partial charge in [0.05, 0.1) is 17.5 Å². The highest BCUT2D eigenvalue weighted by atomic mass is 19.1. The van der Waals surface area contributed by atoms with Crippen LogP contribution in [0.1, 0.15) is 10.4 Å². The summed E-state index contributed by atoms with van der Waals surface area (Å²) in [4.78, 5) is 12.2. The van der Waals surface area contributed by atoms with Gasteiger partial charge in [-0.25, -0.2) is 13.2 Å². The number of carbonyl (C=O) groups excluding carboxylic acids is 1. The van der Waals surface area contributed by atoms with Crippen LogP contribution in [0.5, 0.6) is 0 Å². The number of rotatable bonds is 4. The molecule has 4 rings (SSSR count). The summed E-state index contributed by atoms with van der Waals surface area (Å²) in [5.41, 5.74) is -1.29. The van der Waals surface area contributed by atoms with Crippen molar-refractivity contribution in [1.29, 1.82) is 0 Å². The Bertz CT molecular complexity index is 1160. The van der Waals surface area contributed by atoms with Gasteiger partial charge in [-0.2, -0.15) is 0 Å². The van der Waals surface area contributed by atoms with Crippen molar-refractivity contribution in [3.05, 3.63) is 77.8 Å². The Balaban J connectivity index is 1.69. The number of hydrogen-bond donors (Lipinski definition) is 1. The van der Waals surface area contributed by atoms with Crippen LogP contribution in [0.3, 0.4) is 0 Å². The van der Waals surface area contributed by atoms with Crippen LogP contribution in [-0.4, -0.2) is 16.1 Å². The smallest absolute Gasteiger partial charge is 0.283 e. The summed E-state index contributed by atoms with van der Waals surface area (Å²) in [5, 5.41) is 9.52. The first-order valence-corrected chi connectivity index (χ1v) is 7.96. The maximum atomic E-state index is 14.8. The molecule has 0 atom stereocenters. The Labute approximate surface area is 155 Å². The summed E-state index contributed by atoms with van der Waals surface area (Å²) in [7, 11) is 0. The van der Waals surface area contributed by atoms with Crippen molar-refractivity contribution in [3.8, 4) is 23.1 Å². The summed E-state index contributed by atoms with van der Waals surface area (Å²) >= 11 is 0. The average Bonchev–Trinajstić information content (AvgIpc) is 3.36. The fraction of sp³-hybridized carbons (Fsp3) is 0. The van der Waals surface area contributed by atoms with Crippen LogP contribution in [0.25, 0.3) is 23.1 Å². The van der Waals surface area contributed by atoms with E-state index in [9.17, 15) is 18.0 Å². The van der Waals surface area contributed by atoms with Crippen molar-refractivity contribution < 1.29 is 26.8 Å². The van der Waals surface area contributed by atoms with Gasteiger partial charge in [0.1, 0.15) is 17.2 Å². The molecule has 6 nitrogen and oxygen atoms in total. The van der Waals surface area contributed by atoms with Gasteiger partial charge in [0.2, 0.25) is 0 Å². The molecule has 0 aliphatic rings. The molecule has 0 fully saturated rings. The molecule has 0 spiro atoms. The molecule has 1 amide bonds. The van der Waals surface area contributed by atoms with Gasteiger partial charge in [-0.15, -0.1) is 10.2 Å². The number of amides is 1. The normalized spacial score (nSPS) is 10.8. The molecule has 0 bridgehead atoms. The lowest BCUT2D eigenvalue weighted by atomic mass is 10.1. The quantitative estimate of drug-likeness (QED) is 0.552. The second-order valence-corrected chi connectivity index (χ2v) is 5.61. The van der Waals surface area contributed by atoms with Crippen LogP contribution in [-0.2, 0) is 0 Å². The molecular formula is C19H10F3N3O3. The lowest BCUT2D eigenvalue weighted by Crippen LogP contribution is -2.15. The monoisotopic (exact) mass is 385 g/mol. The van der Waals surface area contributed by atoms with Crippen LogP contribution in [0.15, 0.2) is 63.6 Å². The Morgan fingerprint density at radius 3 is 2.43 bits per heavy atom. The molecule has 9 heteroatoms. The Morgan fingerprint density at radius 1 is 0.893 bits per heavy atom. The minimum Gasteiger partial charge on any atom is -0.459 e. The van der Waals surface area contributed by atoms with Gasteiger partial charge < -0.3 is 14.2 Å². The third kappa shape index (κ3) is 3.13. The number of anilines is 1. The van der Waals surface area contributed by atoms with E-state index in [-0.39, 0.29) is 22.9 Å². The zero-order valence-electron chi connectivity index (χ0n) is 13.9. The van der Waals surface area contributed by atoms with Crippen molar-refractivity contribution in [2.45, 2.75) is 0 Å². The molecule has 4 aromatic rings. The summed E-state index contributed by atoms with van der Waals surface area (Å²) in [6, 6.07) is 10.3. The number of aromatic nitrogens is 2. The van der Waals surface area contributed by atoms with Gasteiger partial charge in [-0.3, -0.25) is 4.79 Å². The first-order chi connectivity index (χ1) is 13.5. The van der Waals surface area contributed by atoms with Crippen LogP contribution in [0, 0.1) is 17.5 Å². The molecule has 2 heterocycles. The SMILES string of the molecule is O=C(Nc1ccc(F)c(-c2nnc(-c3ccco3)o2)c1F)c1ccccc1F. The van der Waals surface area contributed by atoms with Gasteiger partial charge >= 0.3 is 0 Å². The highest BCUT2D eigenvalue weighted by molar-refractivity contribution is 6.04. The molecule has 0 unspecified atom stereocenters. The van der Waals surface area contributed by atoms with Crippen LogP contribution >= 0.6 is 0 Å². The molecular weight excluding hydrogens is 375 g/mol. The minimum atomic E-state index is -1.14. The summed E-state index contributed by atoms with van der Waals surface area (Å²) < 4.78 is 53.2. The zero-order chi connectivity index (χ0) is 19.7. The molecule has 2 aromatic carbocycles. The number of hydrogen-bond acceptors (Lipinski definition) is 5. The van der Waals surface area contributed by atoms with Crippen molar-refractivity contribution in [1.82, 2.24) is 10.2 Å². The largest absolute Gasteiger partial charge is 0.459 e. The standard InChI is InChI=1S/C19H10F3N3O3/c20-11-5-2-1-4-10(11)17(26)23-13-8-7-12(21)15(16(13)22)19-25-24-18(28-19)14-6-3-9-27-14/h1-9H,(H,23,26). The number of halogens is 3. The Hall–Kier alpha value is -3.88. The lowest BCUT2D eigenvalue weighted by molar-refractivity contribution is 0.102. The van der Waals surface area contributed by atoms with E-state index in [1.165, 1.54) is 30.5 Å². The second-order valence-electron chi connectivity index (χ2n) is 5.61. The topological polar surface area (TPSA) is 81.2 Å². The Kier molecular flexibility index (Phi) is 4.40. The summed E-state index contributed by atoms with van der Waals surface area (Å²) in [6.45, 7) is 0. The molecule has 0 aliphatic carbocycles. The fourth-order valence-corrected chi connectivity index (χ4v) is 2.50. The number of furan rings is 1. The maximum absolute atomic E-state index is 14.8. The van der Waals surface area contributed by atoms with E-state index in [1.54, 1.807) is 6.07 Å². The number of benzene rings is 2. The highest BCUT2D eigenvalue weighted by Gasteiger charge is 2.23. The molecule has 0 aliphatic heterocycles. The first-order valence-electron chi connectivity index (χ1n) is 7.96. The first kappa shape index (κ1) is 17.5. The van der Waals surface area contributed by atoms with E-state index >= 15 is 0 Å². The minimum absolute atomic E-state index is 0.0698. The van der Waals surface area contributed by atoms with Gasteiger partial charge in [0.15, 0.2) is 11.6 Å². The van der Waals surface area contributed by atoms with Gasteiger partial charge in [0, 0.05) is 0 Å². The second kappa shape index (κ2) is 7.03. The fourth-order valence-electron chi connectivity index (χ4n) is 2.50. The third-order valence-electron chi connectivity index (χ3n) is 3.83. The van der Waals surface area contributed by atoms with E-state index in [1.807, 2.05) is 0 Å². The van der Waals surface area contributed by atoms with Gasteiger partial charge in [-0.1, -0.05) is 12.1 Å². The van der Waals surface area contributed by atoms with Crippen molar-refractivity contribution in [2.75, 3.05) is 5.32 Å². The van der Waals surface area contributed by atoms with Crippen LogP contribution < -0.4 is 5.32 Å². The molecule has 2 aromatic heterocycles.